The largest absolute Gasteiger partial charge is 0.467 e. The minimum Gasteiger partial charge on any atom is -0.467 e. The van der Waals surface area contributed by atoms with E-state index in [0.717, 1.165) is 32.1 Å². The Hall–Kier alpha value is -2.71. The van der Waals surface area contributed by atoms with Gasteiger partial charge in [-0.3, -0.25) is 13.8 Å². The monoisotopic (exact) mass is 725 g/mol. The Labute approximate surface area is 278 Å². The summed E-state index contributed by atoms with van der Waals surface area (Å²) in [6.07, 6.45) is 4.95. The molecule has 254 valence electrons. The molecule has 8 atom stereocenters. The fourth-order valence-electron chi connectivity index (χ4n) is 6.93. The molecule has 0 spiro atoms. The van der Waals surface area contributed by atoms with E-state index in [1.165, 1.54) is 30.6 Å². The van der Waals surface area contributed by atoms with Crippen LogP contribution in [0.3, 0.4) is 0 Å². The first kappa shape index (κ1) is 34.6. The van der Waals surface area contributed by atoms with E-state index >= 15 is 0 Å². The Morgan fingerprint density at radius 3 is 2.30 bits per heavy atom. The molecule has 3 saturated carbocycles. The number of likely N-dealkylation sites (tertiary alicyclic amines) is 1. The number of halogens is 1. The SMILES string of the molecule is CCCCCC[C@H](NC(=O)OC1C[C@@H]2C[C@@H]2C1)C(=O)N1C[C@@H](OS(=O)(=O)c2ccc(Br)cc2)C[C@H]1C(=O)N[C@]1(C(=O)OC)CC1C. The number of carbonyl (C=O) groups is 4. The standard InChI is InChI=1S/C32H44BrN3O9S/c1-4-5-6-7-8-26(34-31(40)44-23-14-20-13-21(20)15-23)29(38)36-18-24(45-46(41,42)25-11-9-22(33)10-12-25)16-27(36)28(37)35-32(17-19(32)2)30(39)43-3/h9-12,19-21,23-24,26-27H,4-8,13-18H2,1-3H3,(H,34,40)(H,35,37)/t19?,20-,21+,23?,24-,26-,27-,32+/m0/s1. The number of methoxy groups -OCH3 is 1. The summed E-state index contributed by atoms with van der Waals surface area (Å²) in [5.74, 6) is -0.692. The van der Waals surface area contributed by atoms with Crippen LogP contribution in [0, 0.1) is 17.8 Å². The van der Waals surface area contributed by atoms with Gasteiger partial charge in [-0.05, 0) is 74.1 Å². The smallest absolute Gasteiger partial charge is 0.408 e. The summed E-state index contributed by atoms with van der Waals surface area (Å²) < 4.78 is 43.2. The zero-order valence-corrected chi connectivity index (χ0v) is 28.9. The summed E-state index contributed by atoms with van der Waals surface area (Å²) in [5.41, 5.74) is -1.22. The number of unbranched alkanes of at least 4 members (excludes halogenated alkanes) is 3. The first-order valence-electron chi connectivity index (χ1n) is 16.2. The van der Waals surface area contributed by atoms with Crippen molar-refractivity contribution in [1.82, 2.24) is 15.5 Å². The number of amides is 3. The van der Waals surface area contributed by atoms with Gasteiger partial charge in [0.1, 0.15) is 23.7 Å². The summed E-state index contributed by atoms with van der Waals surface area (Å²) in [4.78, 5) is 54.7. The van der Waals surface area contributed by atoms with Crippen LogP contribution in [0.4, 0.5) is 4.79 Å². The minimum atomic E-state index is -4.24. The Bertz CT molecular complexity index is 1410. The molecule has 5 rings (SSSR count). The number of alkyl carbamates (subject to hydrolysis) is 1. The van der Waals surface area contributed by atoms with E-state index in [4.69, 9.17) is 13.7 Å². The number of carbonyl (C=O) groups excluding carboxylic acids is 4. The van der Waals surface area contributed by atoms with Gasteiger partial charge in [0.05, 0.1) is 18.1 Å². The third-order valence-corrected chi connectivity index (χ3v) is 11.7. The van der Waals surface area contributed by atoms with Crippen molar-refractivity contribution in [2.24, 2.45) is 17.8 Å². The van der Waals surface area contributed by atoms with E-state index < -0.39 is 57.7 Å². The van der Waals surface area contributed by atoms with E-state index in [9.17, 15) is 27.6 Å². The zero-order valence-electron chi connectivity index (χ0n) is 26.5. The topological polar surface area (TPSA) is 157 Å². The van der Waals surface area contributed by atoms with Gasteiger partial charge in [-0.1, -0.05) is 55.5 Å². The maximum absolute atomic E-state index is 14.2. The molecule has 2 unspecified atom stereocenters. The van der Waals surface area contributed by atoms with Gasteiger partial charge < -0.3 is 25.0 Å². The van der Waals surface area contributed by atoms with E-state index in [0.29, 0.717) is 35.6 Å². The summed E-state index contributed by atoms with van der Waals surface area (Å²) in [7, 11) is -2.99. The molecule has 0 bridgehead atoms. The highest BCUT2D eigenvalue weighted by molar-refractivity contribution is 9.10. The van der Waals surface area contributed by atoms with E-state index in [2.05, 4.69) is 33.5 Å². The van der Waals surface area contributed by atoms with Crippen LogP contribution in [0.25, 0.3) is 0 Å². The molecular formula is C32H44BrN3O9S. The molecule has 1 aromatic carbocycles. The lowest BCUT2D eigenvalue weighted by Crippen LogP contribution is -2.56. The van der Waals surface area contributed by atoms with E-state index in [-0.39, 0.29) is 29.9 Å². The highest BCUT2D eigenvalue weighted by Crippen LogP contribution is 2.52. The number of hydrogen-bond acceptors (Lipinski definition) is 9. The van der Waals surface area contributed by atoms with E-state index in [1.807, 2.05) is 0 Å². The number of benzene rings is 1. The maximum atomic E-state index is 14.2. The Morgan fingerprint density at radius 2 is 1.70 bits per heavy atom. The van der Waals surface area contributed by atoms with Crippen LogP contribution >= 0.6 is 15.9 Å². The van der Waals surface area contributed by atoms with Crippen LogP contribution in [0.2, 0.25) is 0 Å². The van der Waals surface area contributed by atoms with Crippen LogP contribution in [0.5, 0.6) is 0 Å². The molecule has 4 aliphatic rings. The van der Waals surface area contributed by atoms with Gasteiger partial charge in [-0.25, -0.2) is 9.59 Å². The van der Waals surface area contributed by atoms with Gasteiger partial charge in [0.15, 0.2) is 0 Å². The van der Waals surface area contributed by atoms with Gasteiger partial charge in [0, 0.05) is 17.4 Å². The normalized spacial score (nSPS) is 30.2. The van der Waals surface area contributed by atoms with Crippen LogP contribution in [-0.4, -0.2) is 80.7 Å². The lowest BCUT2D eigenvalue weighted by atomic mass is 10.1. The molecule has 14 heteroatoms. The van der Waals surface area contributed by atoms with E-state index in [1.54, 1.807) is 19.1 Å². The summed E-state index contributed by atoms with van der Waals surface area (Å²) >= 11 is 3.29. The number of esters is 1. The van der Waals surface area contributed by atoms with Gasteiger partial charge in [-0.15, -0.1) is 0 Å². The number of ether oxygens (including phenoxy) is 2. The van der Waals surface area contributed by atoms with Crippen molar-refractivity contribution in [3.05, 3.63) is 28.7 Å². The summed E-state index contributed by atoms with van der Waals surface area (Å²) in [6.45, 7) is 3.67. The Kier molecular flexibility index (Phi) is 10.7. The zero-order chi connectivity index (χ0) is 33.2. The summed E-state index contributed by atoms with van der Waals surface area (Å²) in [5, 5.41) is 5.54. The average molecular weight is 727 g/mol. The number of hydrogen-bond donors (Lipinski definition) is 2. The lowest BCUT2D eigenvalue weighted by Gasteiger charge is -2.30. The number of fused-ring (bicyclic) bond motifs is 1. The molecule has 1 aromatic rings. The van der Waals surface area contributed by atoms with Crippen molar-refractivity contribution >= 4 is 49.9 Å². The molecule has 0 aromatic heterocycles. The molecule has 4 fully saturated rings. The van der Waals surface area contributed by atoms with Gasteiger partial charge in [-0.2, -0.15) is 8.42 Å². The third-order valence-electron chi connectivity index (χ3n) is 9.83. The highest BCUT2D eigenvalue weighted by atomic mass is 79.9. The molecule has 1 heterocycles. The van der Waals surface area contributed by atoms with Crippen molar-refractivity contribution < 1.29 is 41.3 Å². The fourth-order valence-corrected chi connectivity index (χ4v) is 8.27. The van der Waals surface area contributed by atoms with Crippen LogP contribution in [0.1, 0.15) is 78.1 Å². The molecular weight excluding hydrogens is 682 g/mol. The van der Waals surface area contributed by atoms with Crippen molar-refractivity contribution in [3.8, 4) is 0 Å². The first-order valence-corrected chi connectivity index (χ1v) is 18.4. The van der Waals surface area contributed by atoms with Gasteiger partial charge >= 0.3 is 12.1 Å². The number of nitrogens with zero attached hydrogens (tertiary/aromatic N) is 1. The predicted molar refractivity (Wildman–Crippen MR) is 170 cm³/mol. The Morgan fingerprint density at radius 1 is 1.02 bits per heavy atom. The molecule has 3 aliphatic carbocycles. The third kappa shape index (κ3) is 7.87. The van der Waals surface area contributed by atoms with Crippen LogP contribution in [0.15, 0.2) is 33.6 Å². The molecule has 0 radical (unpaired) electrons. The second-order valence-electron chi connectivity index (χ2n) is 13.2. The molecule has 1 aliphatic heterocycles. The molecule has 1 saturated heterocycles. The molecule has 12 nitrogen and oxygen atoms in total. The van der Waals surface area contributed by atoms with Crippen LogP contribution < -0.4 is 10.6 Å². The van der Waals surface area contributed by atoms with Gasteiger partial charge in [0.2, 0.25) is 11.8 Å². The second kappa shape index (κ2) is 14.2. The fraction of sp³-hybridized carbons (Fsp3) is 0.688. The van der Waals surface area contributed by atoms with Crippen molar-refractivity contribution in [3.63, 3.8) is 0 Å². The maximum Gasteiger partial charge on any atom is 0.408 e. The molecule has 2 N–H and O–H groups in total. The average Bonchev–Trinajstić information content (AvgIpc) is 3.78. The predicted octanol–water partition coefficient (Wildman–Crippen LogP) is 4.06. The van der Waals surface area contributed by atoms with Gasteiger partial charge in [0.25, 0.3) is 10.1 Å². The minimum absolute atomic E-state index is 0.0688. The van der Waals surface area contributed by atoms with Crippen LogP contribution in [-0.2, 0) is 38.2 Å². The Balaban J connectivity index is 1.34. The highest BCUT2D eigenvalue weighted by Gasteiger charge is 2.61. The number of nitrogens with one attached hydrogen (secondary N) is 2. The quantitative estimate of drug-likeness (QED) is 0.164. The first-order chi connectivity index (χ1) is 21.9. The lowest BCUT2D eigenvalue weighted by molar-refractivity contribution is -0.148. The van der Waals surface area contributed by atoms with Crippen molar-refractivity contribution in [2.45, 2.75) is 113 Å². The van der Waals surface area contributed by atoms with Crippen molar-refractivity contribution in [2.75, 3.05) is 13.7 Å². The number of rotatable bonds is 14. The molecule has 3 amide bonds. The van der Waals surface area contributed by atoms with Crippen molar-refractivity contribution in [1.29, 1.82) is 0 Å². The summed E-state index contributed by atoms with van der Waals surface area (Å²) in [6, 6.07) is 3.79. The molecule has 46 heavy (non-hydrogen) atoms. The second-order valence-corrected chi connectivity index (χ2v) is 15.7.